The average Bonchev–Trinajstić information content (AvgIpc) is 2.44. The number of alkyl carbamates (subject to hydrolysis) is 1. The number of carbonyl (C=O) groups excluding carboxylic acids is 1. The van der Waals surface area contributed by atoms with Gasteiger partial charge in [0, 0.05) is 0 Å². The van der Waals surface area contributed by atoms with E-state index in [-0.39, 0.29) is 11.6 Å². The first-order valence-corrected chi connectivity index (χ1v) is 4.15. The van der Waals surface area contributed by atoms with Crippen LogP contribution in [0.4, 0.5) is 4.79 Å². The SMILES string of the molecule is CC1CCC2(COC(=O)N2)C1. The number of rotatable bonds is 0. The lowest BCUT2D eigenvalue weighted by molar-refractivity contribution is 0.172. The highest BCUT2D eigenvalue weighted by Gasteiger charge is 2.44. The molecule has 0 aromatic carbocycles. The molecule has 0 aromatic rings. The van der Waals surface area contributed by atoms with E-state index in [2.05, 4.69) is 12.2 Å². The van der Waals surface area contributed by atoms with E-state index in [9.17, 15) is 4.79 Å². The van der Waals surface area contributed by atoms with E-state index in [1.54, 1.807) is 0 Å². The van der Waals surface area contributed by atoms with Crippen LogP contribution in [-0.4, -0.2) is 18.2 Å². The van der Waals surface area contributed by atoms with Crippen molar-refractivity contribution in [3.8, 4) is 0 Å². The van der Waals surface area contributed by atoms with Crippen LogP contribution in [0, 0.1) is 5.92 Å². The van der Waals surface area contributed by atoms with Crippen molar-refractivity contribution >= 4 is 6.09 Å². The van der Waals surface area contributed by atoms with Gasteiger partial charge < -0.3 is 10.1 Å². The lowest BCUT2D eigenvalue weighted by Crippen LogP contribution is -2.40. The van der Waals surface area contributed by atoms with Crippen molar-refractivity contribution in [1.82, 2.24) is 5.32 Å². The third-order valence-corrected chi connectivity index (χ3v) is 2.70. The summed E-state index contributed by atoms with van der Waals surface area (Å²) in [4.78, 5) is 10.8. The number of ether oxygens (including phenoxy) is 1. The molecule has 2 fully saturated rings. The van der Waals surface area contributed by atoms with Crippen molar-refractivity contribution in [1.29, 1.82) is 0 Å². The summed E-state index contributed by atoms with van der Waals surface area (Å²) < 4.78 is 4.89. The van der Waals surface area contributed by atoms with E-state index in [0.717, 1.165) is 18.8 Å². The molecule has 2 rings (SSSR count). The normalized spacial score (nSPS) is 42.6. The number of hydrogen-bond donors (Lipinski definition) is 1. The zero-order valence-corrected chi connectivity index (χ0v) is 6.72. The fourth-order valence-electron chi connectivity index (χ4n) is 2.13. The largest absolute Gasteiger partial charge is 0.447 e. The summed E-state index contributed by atoms with van der Waals surface area (Å²) in [6.07, 6.45) is 3.14. The summed E-state index contributed by atoms with van der Waals surface area (Å²) in [5, 5.41) is 2.90. The first kappa shape index (κ1) is 6.95. The van der Waals surface area contributed by atoms with Crippen LogP contribution < -0.4 is 5.32 Å². The molecule has 1 amide bonds. The molecule has 11 heavy (non-hydrogen) atoms. The molecular weight excluding hydrogens is 142 g/mol. The molecule has 0 radical (unpaired) electrons. The maximum absolute atomic E-state index is 10.8. The molecule has 2 aliphatic rings. The predicted molar refractivity (Wildman–Crippen MR) is 40.2 cm³/mol. The molecule has 1 saturated carbocycles. The van der Waals surface area contributed by atoms with Gasteiger partial charge in [-0.3, -0.25) is 0 Å². The van der Waals surface area contributed by atoms with Gasteiger partial charge in [0.1, 0.15) is 6.61 Å². The molecule has 1 saturated heterocycles. The van der Waals surface area contributed by atoms with Gasteiger partial charge in [0.15, 0.2) is 0 Å². The Morgan fingerprint density at radius 3 is 3.00 bits per heavy atom. The van der Waals surface area contributed by atoms with Gasteiger partial charge >= 0.3 is 6.09 Å². The van der Waals surface area contributed by atoms with Crippen molar-refractivity contribution < 1.29 is 9.53 Å². The van der Waals surface area contributed by atoms with Crippen LogP contribution in [0.15, 0.2) is 0 Å². The minimum atomic E-state index is -0.237. The van der Waals surface area contributed by atoms with Crippen molar-refractivity contribution in [2.24, 2.45) is 5.92 Å². The summed E-state index contributed by atoms with van der Waals surface area (Å²) in [5.74, 6) is 0.733. The second-order valence-electron chi connectivity index (χ2n) is 3.83. The van der Waals surface area contributed by atoms with Crippen LogP contribution in [0.5, 0.6) is 0 Å². The van der Waals surface area contributed by atoms with Crippen LogP contribution in [0.2, 0.25) is 0 Å². The van der Waals surface area contributed by atoms with Crippen molar-refractivity contribution in [3.63, 3.8) is 0 Å². The quantitative estimate of drug-likeness (QED) is 0.572. The van der Waals surface area contributed by atoms with Crippen molar-refractivity contribution in [2.75, 3.05) is 6.61 Å². The van der Waals surface area contributed by atoms with Crippen LogP contribution in [-0.2, 0) is 4.74 Å². The van der Waals surface area contributed by atoms with E-state index in [1.807, 2.05) is 0 Å². The zero-order chi connectivity index (χ0) is 7.90. The smallest absolute Gasteiger partial charge is 0.407 e. The summed E-state index contributed by atoms with van der Waals surface area (Å²) in [7, 11) is 0. The molecule has 3 nitrogen and oxygen atoms in total. The Morgan fingerprint density at radius 1 is 1.73 bits per heavy atom. The molecule has 1 heterocycles. The molecule has 2 atom stereocenters. The Bertz CT molecular complexity index is 193. The summed E-state index contributed by atoms with van der Waals surface area (Å²) in [5.41, 5.74) is 0.0104. The molecular formula is C8H13NO2. The number of carbonyl (C=O) groups is 1. The van der Waals surface area contributed by atoms with Crippen LogP contribution in [0.3, 0.4) is 0 Å². The lowest BCUT2D eigenvalue weighted by atomic mass is 9.99. The standard InChI is InChI=1S/C8H13NO2/c1-6-2-3-8(4-6)5-11-7(10)9-8/h6H,2-5H2,1H3,(H,9,10). The highest BCUT2D eigenvalue weighted by Crippen LogP contribution is 2.36. The Kier molecular flexibility index (Phi) is 1.34. The van der Waals surface area contributed by atoms with Gasteiger partial charge in [-0.05, 0) is 25.2 Å². The van der Waals surface area contributed by atoms with Gasteiger partial charge in [-0.1, -0.05) is 6.92 Å². The molecule has 3 heteroatoms. The molecule has 1 N–H and O–H groups in total. The van der Waals surface area contributed by atoms with Gasteiger partial charge in [0.05, 0.1) is 5.54 Å². The van der Waals surface area contributed by atoms with Gasteiger partial charge in [-0.2, -0.15) is 0 Å². The summed E-state index contributed by atoms with van der Waals surface area (Å²) in [6.45, 7) is 2.80. The average molecular weight is 155 g/mol. The number of nitrogens with one attached hydrogen (secondary N) is 1. The van der Waals surface area contributed by atoms with Crippen LogP contribution >= 0.6 is 0 Å². The third-order valence-electron chi connectivity index (χ3n) is 2.70. The predicted octanol–water partition coefficient (Wildman–Crippen LogP) is 1.29. The highest BCUT2D eigenvalue weighted by molar-refractivity contribution is 5.70. The topological polar surface area (TPSA) is 38.3 Å². The Balaban J connectivity index is 2.07. The summed E-state index contributed by atoms with van der Waals surface area (Å²) >= 11 is 0. The first-order chi connectivity index (χ1) is 5.20. The first-order valence-electron chi connectivity index (χ1n) is 4.15. The molecule has 2 unspecified atom stereocenters. The number of cyclic esters (lactones) is 1. The Hall–Kier alpha value is -0.730. The Labute approximate surface area is 66.1 Å². The number of hydrogen-bond acceptors (Lipinski definition) is 2. The molecule has 0 bridgehead atoms. The van der Waals surface area contributed by atoms with E-state index >= 15 is 0 Å². The van der Waals surface area contributed by atoms with Gasteiger partial charge in [-0.25, -0.2) is 4.79 Å². The third kappa shape index (κ3) is 1.08. The minimum absolute atomic E-state index is 0.0104. The molecule has 0 aromatic heterocycles. The lowest BCUT2D eigenvalue weighted by Gasteiger charge is -2.18. The van der Waals surface area contributed by atoms with E-state index in [4.69, 9.17) is 4.74 Å². The van der Waals surface area contributed by atoms with Crippen molar-refractivity contribution in [2.45, 2.75) is 31.7 Å². The highest BCUT2D eigenvalue weighted by atomic mass is 16.6. The van der Waals surface area contributed by atoms with E-state index < -0.39 is 0 Å². The Morgan fingerprint density at radius 2 is 2.55 bits per heavy atom. The maximum atomic E-state index is 10.8. The minimum Gasteiger partial charge on any atom is -0.447 e. The van der Waals surface area contributed by atoms with Gasteiger partial charge in [0.2, 0.25) is 0 Å². The molecule has 1 spiro atoms. The molecule has 62 valence electrons. The fourth-order valence-corrected chi connectivity index (χ4v) is 2.13. The summed E-state index contributed by atoms with van der Waals surface area (Å²) in [6, 6.07) is 0. The van der Waals surface area contributed by atoms with Crippen LogP contribution in [0.25, 0.3) is 0 Å². The number of amides is 1. The van der Waals surface area contributed by atoms with Gasteiger partial charge in [0.25, 0.3) is 0 Å². The fraction of sp³-hybridized carbons (Fsp3) is 0.875. The second kappa shape index (κ2) is 2.13. The van der Waals surface area contributed by atoms with Crippen molar-refractivity contribution in [3.05, 3.63) is 0 Å². The second-order valence-corrected chi connectivity index (χ2v) is 3.83. The monoisotopic (exact) mass is 155 g/mol. The van der Waals surface area contributed by atoms with E-state index in [0.29, 0.717) is 6.61 Å². The van der Waals surface area contributed by atoms with E-state index in [1.165, 1.54) is 6.42 Å². The molecule has 1 aliphatic carbocycles. The molecule has 1 aliphatic heterocycles. The van der Waals surface area contributed by atoms with Gasteiger partial charge in [-0.15, -0.1) is 0 Å². The maximum Gasteiger partial charge on any atom is 0.407 e. The van der Waals surface area contributed by atoms with Crippen LogP contribution in [0.1, 0.15) is 26.2 Å². The zero-order valence-electron chi connectivity index (χ0n) is 6.72.